The molecule has 9 atom stereocenters. The number of halogens is 3. The van der Waals surface area contributed by atoms with Crippen LogP contribution in [0.4, 0.5) is 13.2 Å². The number of hydrogen-bond donors (Lipinski definition) is 0. The molecule has 0 aromatic rings. The van der Waals surface area contributed by atoms with Crippen molar-refractivity contribution >= 4 is 0 Å². The van der Waals surface area contributed by atoms with E-state index in [9.17, 15) is 13.2 Å². The Balaban J connectivity index is 1.48. The van der Waals surface area contributed by atoms with Gasteiger partial charge in [-0.15, -0.1) is 11.8 Å². The van der Waals surface area contributed by atoms with Gasteiger partial charge in [0.25, 0.3) is 0 Å². The third-order valence-corrected chi connectivity index (χ3v) is 9.77. The minimum atomic E-state index is -3.98. The zero-order chi connectivity index (χ0) is 20.1. The van der Waals surface area contributed by atoms with Crippen LogP contribution in [0.3, 0.4) is 0 Å². The predicted octanol–water partition coefficient (Wildman–Crippen LogP) is 7.48. The lowest BCUT2D eigenvalue weighted by atomic mass is 9.49. The van der Waals surface area contributed by atoms with Crippen molar-refractivity contribution in [3.05, 3.63) is 0 Å². The molecule has 0 nitrogen and oxygen atoms in total. The normalized spacial score (nSPS) is 48.1. The second-order valence-corrected chi connectivity index (χ2v) is 10.8. The van der Waals surface area contributed by atoms with E-state index in [-0.39, 0.29) is 0 Å². The molecule has 0 amide bonds. The Morgan fingerprint density at radius 2 is 1.71 bits per heavy atom. The molecule has 4 fully saturated rings. The first-order valence-corrected chi connectivity index (χ1v) is 11.7. The lowest BCUT2D eigenvalue weighted by molar-refractivity contribution is -0.196. The monoisotopic (exact) mass is 394 g/mol. The molecule has 0 aromatic heterocycles. The number of fused-ring (bicyclic) bond motifs is 5. The topological polar surface area (TPSA) is 0 Å². The van der Waals surface area contributed by atoms with Crippen molar-refractivity contribution in [2.75, 3.05) is 0 Å². The molecule has 4 saturated carbocycles. The SMILES string of the molecule is CC#CCCC1[C@H](C)CC2C3CCC4CC(C(F)(F)F)CC[C@@H]4C3CC[C@@]21C. The summed E-state index contributed by atoms with van der Waals surface area (Å²) in [5.41, 5.74) is 0.437. The molecular weight excluding hydrogens is 357 g/mol. The fourth-order valence-electron chi connectivity index (χ4n) is 8.58. The minimum absolute atomic E-state index is 0.334. The van der Waals surface area contributed by atoms with Crippen molar-refractivity contribution in [1.82, 2.24) is 0 Å². The highest BCUT2D eigenvalue weighted by Gasteiger charge is 2.59. The second kappa shape index (κ2) is 7.55. The molecule has 0 bridgehead atoms. The molecule has 0 spiro atoms. The Morgan fingerprint density at radius 3 is 2.43 bits per heavy atom. The first-order chi connectivity index (χ1) is 13.3. The Morgan fingerprint density at radius 1 is 0.964 bits per heavy atom. The predicted molar refractivity (Wildman–Crippen MR) is 107 cm³/mol. The highest BCUT2D eigenvalue weighted by molar-refractivity contribution is 5.08. The average molecular weight is 395 g/mol. The van der Waals surface area contributed by atoms with Gasteiger partial charge >= 0.3 is 6.18 Å². The summed E-state index contributed by atoms with van der Waals surface area (Å²) in [6.07, 6.45) is 6.00. The minimum Gasteiger partial charge on any atom is -0.171 e. The molecule has 0 heterocycles. The van der Waals surface area contributed by atoms with Crippen molar-refractivity contribution in [2.45, 2.75) is 91.2 Å². The van der Waals surface area contributed by atoms with Crippen LogP contribution in [0.25, 0.3) is 0 Å². The van der Waals surface area contributed by atoms with Crippen LogP contribution < -0.4 is 0 Å². The van der Waals surface area contributed by atoms with Crippen LogP contribution in [0, 0.1) is 64.6 Å². The maximum absolute atomic E-state index is 13.3. The molecule has 4 rings (SSSR count). The van der Waals surface area contributed by atoms with E-state index in [0.29, 0.717) is 36.0 Å². The van der Waals surface area contributed by atoms with Gasteiger partial charge in [-0.05, 0) is 112 Å². The largest absolute Gasteiger partial charge is 0.391 e. The highest BCUT2D eigenvalue weighted by atomic mass is 19.4. The van der Waals surface area contributed by atoms with Crippen LogP contribution in [0.5, 0.6) is 0 Å². The molecule has 0 aromatic carbocycles. The van der Waals surface area contributed by atoms with Crippen LogP contribution in [-0.2, 0) is 0 Å². The van der Waals surface area contributed by atoms with Crippen molar-refractivity contribution in [1.29, 1.82) is 0 Å². The van der Waals surface area contributed by atoms with E-state index in [1.165, 1.54) is 32.1 Å². The van der Waals surface area contributed by atoms with Gasteiger partial charge in [0.2, 0.25) is 0 Å². The molecular formula is C25H37F3. The Kier molecular flexibility index (Phi) is 5.56. The fourth-order valence-corrected chi connectivity index (χ4v) is 8.58. The second-order valence-electron chi connectivity index (χ2n) is 10.8. The standard InChI is InChI=1S/C25H37F3/c1-4-5-6-7-22-16(2)14-23-21-10-8-17-15-18(25(26,27)28)9-11-19(17)20(21)12-13-24(22,23)3/h16-23H,6-15H2,1-3H3/t16-,17?,18?,19+,20?,21?,22?,23?,24-/m1/s1. The van der Waals surface area contributed by atoms with E-state index in [0.717, 1.165) is 42.9 Å². The van der Waals surface area contributed by atoms with E-state index in [4.69, 9.17) is 0 Å². The molecule has 4 aliphatic rings. The van der Waals surface area contributed by atoms with E-state index < -0.39 is 12.1 Å². The summed E-state index contributed by atoms with van der Waals surface area (Å²) >= 11 is 0. The van der Waals surface area contributed by atoms with Gasteiger partial charge in [0.05, 0.1) is 5.92 Å². The Labute approximate surface area is 169 Å². The maximum atomic E-state index is 13.3. The van der Waals surface area contributed by atoms with E-state index in [1.54, 1.807) is 0 Å². The molecule has 28 heavy (non-hydrogen) atoms. The summed E-state index contributed by atoms with van der Waals surface area (Å²) in [6.45, 7) is 6.93. The third-order valence-electron chi connectivity index (χ3n) is 9.77. The first-order valence-electron chi connectivity index (χ1n) is 11.7. The van der Waals surface area contributed by atoms with E-state index in [2.05, 4.69) is 25.7 Å². The molecule has 4 aliphatic carbocycles. The fraction of sp³-hybridized carbons (Fsp3) is 0.920. The third kappa shape index (κ3) is 3.41. The number of alkyl halides is 3. The summed E-state index contributed by atoms with van der Waals surface area (Å²) in [5.74, 6) is 10.0. The number of hydrogen-bond acceptors (Lipinski definition) is 0. The van der Waals surface area contributed by atoms with Gasteiger partial charge in [0.15, 0.2) is 0 Å². The van der Waals surface area contributed by atoms with Gasteiger partial charge in [-0.2, -0.15) is 13.2 Å². The molecule has 0 aliphatic heterocycles. The molecule has 0 radical (unpaired) electrons. The summed E-state index contributed by atoms with van der Waals surface area (Å²) in [6, 6.07) is 0. The van der Waals surface area contributed by atoms with Gasteiger partial charge < -0.3 is 0 Å². The molecule has 158 valence electrons. The maximum Gasteiger partial charge on any atom is 0.391 e. The zero-order valence-electron chi connectivity index (χ0n) is 17.8. The van der Waals surface area contributed by atoms with Crippen molar-refractivity contribution in [3.8, 4) is 11.8 Å². The number of rotatable bonds is 2. The Bertz CT molecular complexity index is 626. The van der Waals surface area contributed by atoms with Crippen LogP contribution in [0.2, 0.25) is 0 Å². The van der Waals surface area contributed by atoms with Gasteiger partial charge in [0.1, 0.15) is 0 Å². The van der Waals surface area contributed by atoms with Gasteiger partial charge in [-0.1, -0.05) is 13.8 Å². The summed E-state index contributed by atoms with van der Waals surface area (Å²) in [4.78, 5) is 0. The lowest BCUT2D eigenvalue weighted by Crippen LogP contribution is -2.49. The molecule has 0 N–H and O–H groups in total. The van der Waals surface area contributed by atoms with Gasteiger partial charge in [0, 0.05) is 6.42 Å². The quantitative estimate of drug-likeness (QED) is 0.426. The average Bonchev–Trinajstić information content (AvgIpc) is 2.91. The van der Waals surface area contributed by atoms with Crippen molar-refractivity contribution in [2.24, 2.45) is 52.8 Å². The molecule has 6 unspecified atom stereocenters. The lowest BCUT2D eigenvalue weighted by Gasteiger charge is -2.56. The van der Waals surface area contributed by atoms with Gasteiger partial charge in [-0.25, -0.2) is 0 Å². The smallest absolute Gasteiger partial charge is 0.171 e. The summed E-state index contributed by atoms with van der Waals surface area (Å²) in [7, 11) is 0. The zero-order valence-corrected chi connectivity index (χ0v) is 17.8. The molecule has 0 saturated heterocycles. The van der Waals surface area contributed by atoms with E-state index >= 15 is 0 Å². The molecule has 3 heteroatoms. The van der Waals surface area contributed by atoms with E-state index in [1.807, 2.05) is 6.92 Å². The van der Waals surface area contributed by atoms with Crippen LogP contribution >= 0.6 is 0 Å². The highest BCUT2D eigenvalue weighted by Crippen LogP contribution is 2.66. The van der Waals surface area contributed by atoms with Crippen LogP contribution in [-0.4, -0.2) is 6.18 Å². The van der Waals surface area contributed by atoms with Gasteiger partial charge in [-0.3, -0.25) is 0 Å². The summed E-state index contributed by atoms with van der Waals surface area (Å²) < 4.78 is 39.8. The van der Waals surface area contributed by atoms with Crippen molar-refractivity contribution < 1.29 is 13.2 Å². The first kappa shape index (κ1) is 20.6. The van der Waals surface area contributed by atoms with Crippen LogP contribution in [0.1, 0.15) is 85.0 Å². The summed E-state index contributed by atoms with van der Waals surface area (Å²) in [5, 5.41) is 0. The Hall–Kier alpha value is -0.650. The van der Waals surface area contributed by atoms with Crippen LogP contribution in [0.15, 0.2) is 0 Å². The van der Waals surface area contributed by atoms with Crippen molar-refractivity contribution in [3.63, 3.8) is 0 Å².